The van der Waals surface area contributed by atoms with Crippen LogP contribution in [0.15, 0.2) is 24.3 Å². The first-order chi connectivity index (χ1) is 16.9. The monoisotopic (exact) mass is 462 g/mol. The number of hydrogen-bond acceptors (Lipinski definition) is 0. The van der Waals surface area contributed by atoms with Gasteiger partial charge in [0.1, 0.15) is 0 Å². The average Bonchev–Trinajstić information content (AvgIpc) is 2.85. The first-order valence-corrected chi connectivity index (χ1v) is 14.9. The maximum Gasteiger partial charge on any atom is 0.0257 e. The van der Waals surface area contributed by atoms with E-state index in [2.05, 4.69) is 61.8 Å². The summed E-state index contributed by atoms with van der Waals surface area (Å²) < 4.78 is 0. The Morgan fingerprint density at radius 3 is 1.12 bits per heavy atom. The topological polar surface area (TPSA) is 0 Å². The third kappa shape index (κ3) is 19.8. The third-order valence-electron chi connectivity index (χ3n) is 6.64. The van der Waals surface area contributed by atoms with Crippen LogP contribution < -0.4 is 0 Å². The van der Waals surface area contributed by atoms with Gasteiger partial charge in [0.25, 0.3) is 0 Å². The molecule has 190 valence electrons. The maximum absolute atomic E-state index is 3.37. The molecule has 1 rings (SSSR count). The first kappa shape index (κ1) is 30.4. The van der Waals surface area contributed by atoms with Crippen molar-refractivity contribution in [1.82, 2.24) is 0 Å². The molecule has 0 atom stereocenters. The van der Waals surface area contributed by atoms with E-state index in [4.69, 9.17) is 0 Å². The first-order valence-electron chi connectivity index (χ1n) is 14.9. The van der Waals surface area contributed by atoms with Gasteiger partial charge in [-0.25, -0.2) is 0 Å². The molecule has 0 spiro atoms. The van der Waals surface area contributed by atoms with Crippen molar-refractivity contribution in [2.45, 2.75) is 155 Å². The molecule has 0 radical (unpaired) electrons. The van der Waals surface area contributed by atoms with Gasteiger partial charge in [0.15, 0.2) is 0 Å². The van der Waals surface area contributed by atoms with Crippen LogP contribution in [0.1, 0.15) is 166 Å². The van der Waals surface area contributed by atoms with Crippen molar-refractivity contribution in [3.63, 3.8) is 0 Å². The van der Waals surface area contributed by atoms with Crippen LogP contribution in [0.2, 0.25) is 0 Å². The van der Waals surface area contributed by atoms with Crippen molar-refractivity contribution < 1.29 is 0 Å². The molecule has 34 heavy (non-hydrogen) atoms. The van der Waals surface area contributed by atoms with E-state index in [1.165, 1.54) is 128 Å². The fraction of sp³-hybridized carbons (Fsp3) is 0.706. The molecular formula is C34H54. The largest absolute Gasteiger partial charge is 0.0979 e. The molecule has 0 nitrogen and oxygen atoms in total. The molecule has 1 aromatic carbocycles. The molecular weight excluding hydrogens is 408 g/mol. The SMILES string of the molecule is CCCCCCCCCCCCC#Cc1cccc(C#CCCCCCCCCCCCC)c1. The second kappa shape index (κ2) is 24.5. The van der Waals surface area contributed by atoms with Crippen LogP contribution in [0.5, 0.6) is 0 Å². The van der Waals surface area contributed by atoms with E-state index in [1.54, 1.807) is 0 Å². The zero-order valence-electron chi connectivity index (χ0n) is 22.9. The molecule has 0 N–H and O–H groups in total. The number of unbranched alkanes of at least 4 members (excludes halogenated alkanes) is 20. The molecule has 0 saturated carbocycles. The average molecular weight is 463 g/mol. The summed E-state index contributed by atoms with van der Waals surface area (Å²) in [5.74, 6) is 13.4. The Hall–Kier alpha value is -1.66. The van der Waals surface area contributed by atoms with Gasteiger partial charge in [-0.15, -0.1) is 0 Å². The highest BCUT2D eigenvalue weighted by Crippen LogP contribution is 2.12. The number of rotatable bonds is 20. The zero-order valence-corrected chi connectivity index (χ0v) is 22.9. The molecule has 0 bridgehead atoms. The molecule has 0 unspecified atom stereocenters. The fourth-order valence-electron chi connectivity index (χ4n) is 4.41. The fourth-order valence-corrected chi connectivity index (χ4v) is 4.41. The zero-order chi connectivity index (χ0) is 24.4. The molecule has 0 aliphatic carbocycles. The second-order valence-corrected chi connectivity index (χ2v) is 10.0. The Kier molecular flexibility index (Phi) is 21.9. The quantitative estimate of drug-likeness (QED) is 0.133. The highest BCUT2D eigenvalue weighted by atomic mass is 14.0. The maximum atomic E-state index is 3.37. The van der Waals surface area contributed by atoms with Gasteiger partial charge in [0, 0.05) is 24.0 Å². The Labute approximate surface area is 214 Å². The van der Waals surface area contributed by atoms with E-state index in [9.17, 15) is 0 Å². The lowest BCUT2D eigenvalue weighted by atomic mass is 10.1. The molecule has 0 fully saturated rings. The van der Waals surface area contributed by atoms with Gasteiger partial charge in [-0.1, -0.05) is 159 Å². The molecule has 1 aromatic rings. The Bertz CT molecular complexity index is 633. The highest BCUT2D eigenvalue weighted by molar-refractivity contribution is 5.43. The summed E-state index contributed by atoms with van der Waals surface area (Å²) in [6.45, 7) is 4.57. The van der Waals surface area contributed by atoms with Gasteiger partial charge in [0.05, 0.1) is 0 Å². The molecule has 0 heteroatoms. The van der Waals surface area contributed by atoms with Crippen LogP contribution in [0.3, 0.4) is 0 Å². The molecule has 0 saturated heterocycles. The Morgan fingerprint density at radius 1 is 0.441 bits per heavy atom. The van der Waals surface area contributed by atoms with Gasteiger partial charge in [0.2, 0.25) is 0 Å². The van der Waals surface area contributed by atoms with Crippen molar-refractivity contribution in [3.05, 3.63) is 35.4 Å². The van der Waals surface area contributed by atoms with Crippen LogP contribution in [-0.4, -0.2) is 0 Å². The van der Waals surface area contributed by atoms with E-state index in [1.807, 2.05) is 0 Å². The molecule has 0 aliphatic heterocycles. The van der Waals surface area contributed by atoms with Crippen LogP contribution >= 0.6 is 0 Å². The smallest absolute Gasteiger partial charge is 0.0257 e. The standard InChI is InChI=1S/C34H54/c1-3-5-7-9-11-13-15-17-19-21-23-25-28-33-30-27-31-34(32-33)29-26-24-22-20-18-16-14-12-10-8-6-4-2/h27,30-32H,3-24H2,1-2H3. The summed E-state index contributed by atoms with van der Waals surface area (Å²) in [6.07, 6.45) is 29.7. The number of benzene rings is 1. The minimum absolute atomic E-state index is 1.02. The van der Waals surface area contributed by atoms with E-state index >= 15 is 0 Å². The highest BCUT2D eigenvalue weighted by Gasteiger charge is 1.94. The van der Waals surface area contributed by atoms with Gasteiger partial charge < -0.3 is 0 Å². The summed E-state index contributed by atoms with van der Waals surface area (Å²) in [7, 11) is 0. The molecule has 0 aliphatic rings. The van der Waals surface area contributed by atoms with Crippen molar-refractivity contribution in [1.29, 1.82) is 0 Å². The summed E-state index contributed by atoms with van der Waals surface area (Å²) in [6, 6.07) is 8.46. The number of hydrogen-bond donors (Lipinski definition) is 0. The molecule has 0 aromatic heterocycles. The normalized spacial score (nSPS) is 10.4. The summed E-state index contributed by atoms with van der Waals surface area (Å²) in [5, 5.41) is 0. The lowest BCUT2D eigenvalue weighted by Gasteiger charge is -2.01. The van der Waals surface area contributed by atoms with Gasteiger partial charge >= 0.3 is 0 Å². The lowest BCUT2D eigenvalue weighted by Crippen LogP contribution is -1.82. The van der Waals surface area contributed by atoms with Crippen LogP contribution in [0.4, 0.5) is 0 Å². The van der Waals surface area contributed by atoms with E-state index in [0.717, 1.165) is 24.0 Å². The molecule has 0 heterocycles. The predicted octanol–water partition coefficient (Wildman–Crippen LogP) is 11.0. The van der Waals surface area contributed by atoms with E-state index in [0.29, 0.717) is 0 Å². The van der Waals surface area contributed by atoms with E-state index in [-0.39, 0.29) is 0 Å². The van der Waals surface area contributed by atoms with Crippen molar-refractivity contribution in [3.8, 4) is 23.7 Å². The minimum Gasteiger partial charge on any atom is -0.0979 e. The van der Waals surface area contributed by atoms with Gasteiger partial charge in [-0.05, 0) is 31.0 Å². The van der Waals surface area contributed by atoms with E-state index < -0.39 is 0 Å². The summed E-state index contributed by atoms with van der Waals surface area (Å²) >= 11 is 0. The van der Waals surface area contributed by atoms with Crippen LogP contribution in [0.25, 0.3) is 0 Å². The minimum atomic E-state index is 1.02. The molecule has 0 amide bonds. The van der Waals surface area contributed by atoms with Crippen molar-refractivity contribution in [2.24, 2.45) is 0 Å². The second-order valence-electron chi connectivity index (χ2n) is 10.0. The predicted molar refractivity (Wildman–Crippen MR) is 153 cm³/mol. The summed E-state index contributed by atoms with van der Waals surface area (Å²) in [5.41, 5.74) is 2.22. The Morgan fingerprint density at radius 2 is 0.765 bits per heavy atom. The van der Waals surface area contributed by atoms with Crippen molar-refractivity contribution >= 4 is 0 Å². The lowest BCUT2D eigenvalue weighted by molar-refractivity contribution is 0.558. The van der Waals surface area contributed by atoms with Gasteiger partial charge in [-0.2, -0.15) is 0 Å². The van der Waals surface area contributed by atoms with Crippen molar-refractivity contribution in [2.75, 3.05) is 0 Å². The van der Waals surface area contributed by atoms with Crippen LogP contribution in [-0.2, 0) is 0 Å². The van der Waals surface area contributed by atoms with Gasteiger partial charge in [-0.3, -0.25) is 0 Å². The Balaban J connectivity index is 2.06. The summed E-state index contributed by atoms with van der Waals surface area (Å²) in [4.78, 5) is 0. The third-order valence-corrected chi connectivity index (χ3v) is 6.64. The van der Waals surface area contributed by atoms with Crippen LogP contribution in [0, 0.1) is 23.7 Å².